The van der Waals surface area contributed by atoms with Crippen LogP contribution in [0.25, 0.3) is 11.0 Å². The monoisotopic (exact) mass is 385 g/mol. The van der Waals surface area contributed by atoms with Gasteiger partial charge in [0.25, 0.3) is 5.56 Å². The molecule has 0 saturated heterocycles. The third-order valence-electron chi connectivity index (χ3n) is 4.74. The van der Waals surface area contributed by atoms with E-state index in [0.717, 1.165) is 12.8 Å². The molecule has 0 spiro atoms. The topological polar surface area (TPSA) is 55.2 Å². The van der Waals surface area contributed by atoms with Crippen LogP contribution in [0.15, 0.2) is 53.5 Å². The van der Waals surface area contributed by atoms with E-state index in [1.807, 2.05) is 6.07 Å². The standard InChI is InChI=1S/C20H17ClFN3O2/c21-15-4-3-5-16(22)14(15)11-24(13-8-9-13)20(27)12-25-18-7-2-1-6-17(18)23-10-19(25)26/h1-7,10,13H,8-9,11-12H2. The van der Waals surface area contributed by atoms with Crippen molar-refractivity contribution in [3.8, 4) is 0 Å². The first kappa shape index (κ1) is 17.7. The lowest BCUT2D eigenvalue weighted by Gasteiger charge is -2.24. The average molecular weight is 386 g/mol. The Labute approximate surface area is 160 Å². The Morgan fingerprint density at radius 1 is 1.22 bits per heavy atom. The number of rotatable bonds is 5. The van der Waals surface area contributed by atoms with Crippen LogP contribution >= 0.6 is 11.6 Å². The van der Waals surface area contributed by atoms with Gasteiger partial charge < -0.3 is 4.90 Å². The molecule has 1 fully saturated rings. The van der Waals surface area contributed by atoms with Crippen molar-refractivity contribution in [1.82, 2.24) is 14.5 Å². The second-order valence-electron chi connectivity index (χ2n) is 6.62. The number of benzene rings is 2. The molecule has 1 aliphatic rings. The highest BCUT2D eigenvalue weighted by atomic mass is 35.5. The maximum atomic E-state index is 14.2. The average Bonchev–Trinajstić information content (AvgIpc) is 3.49. The van der Waals surface area contributed by atoms with Gasteiger partial charge in [-0.3, -0.25) is 14.2 Å². The van der Waals surface area contributed by atoms with Crippen molar-refractivity contribution in [2.24, 2.45) is 0 Å². The number of hydrogen-bond donors (Lipinski definition) is 0. The Morgan fingerprint density at radius 2 is 2.00 bits per heavy atom. The SMILES string of the molecule is O=C(Cn1c(=O)cnc2ccccc21)N(Cc1c(F)cccc1Cl)C1CC1. The molecule has 2 aromatic carbocycles. The first-order valence-corrected chi connectivity index (χ1v) is 9.09. The van der Waals surface area contributed by atoms with E-state index in [4.69, 9.17) is 11.6 Å². The Kier molecular flexibility index (Phi) is 4.66. The second kappa shape index (κ2) is 7.12. The molecule has 138 valence electrons. The summed E-state index contributed by atoms with van der Waals surface area (Å²) < 4.78 is 15.6. The minimum Gasteiger partial charge on any atom is -0.334 e. The molecule has 1 saturated carbocycles. The third-order valence-corrected chi connectivity index (χ3v) is 5.10. The molecule has 0 bridgehead atoms. The quantitative estimate of drug-likeness (QED) is 0.676. The van der Waals surface area contributed by atoms with Crippen LogP contribution in [0, 0.1) is 5.82 Å². The summed E-state index contributed by atoms with van der Waals surface area (Å²) in [6, 6.07) is 11.7. The summed E-state index contributed by atoms with van der Waals surface area (Å²) in [5, 5.41) is 0.292. The van der Waals surface area contributed by atoms with Crippen LogP contribution in [-0.2, 0) is 17.9 Å². The first-order valence-electron chi connectivity index (χ1n) is 8.71. The van der Waals surface area contributed by atoms with Gasteiger partial charge in [0.15, 0.2) is 0 Å². The van der Waals surface area contributed by atoms with Crippen molar-refractivity contribution in [2.45, 2.75) is 32.0 Å². The highest BCUT2D eigenvalue weighted by Crippen LogP contribution is 2.31. The van der Waals surface area contributed by atoms with Crippen molar-refractivity contribution in [3.05, 3.63) is 75.4 Å². The van der Waals surface area contributed by atoms with Gasteiger partial charge in [-0.1, -0.05) is 29.8 Å². The lowest BCUT2D eigenvalue weighted by atomic mass is 10.2. The number of amides is 1. The Balaban J connectivity index is 1.65. The van der Waals surface area contributed by atoms with Crippen LogP contribution in [0.4, 0.5) is 4.39 Å². The van der Waals surface area contributed by atoms with Crippen molar-refractivity contribution >= 4 is 28.5 Å². The van der Waals surface area contributed by atoms with Gasteiger partial charge in [0.05, 0.1) is 23.8 Å². The van der Waals surface area contributed by atoms with Gasteiger partial charge in [-0.25, -0.2) is 9.37 Å². The normalized spacial score (nSPS) is 13.7. The molecular weight excluding hydrogens is 369 g/mol. The van der Waals surface area contributed by atoms with Gasteiger partial charge in [-0.2, -0.15) is 0 Å². The van der Waals surface area contributed by atoms with E-state index < -0.39 is 5.82 Å². The van der Waals surface area contributed by atoms with Crippen LogP contribution in [0.5, 0.6) is 0 Å². The molecule has 1 aliphatic carbocycles. The maximum Gasteiger partial charge on any atom is 0.269 e. The number of para-hydroxylation sites is 2. The van der Waals surface area contributed by atoms with Crippen LogP contribution in [0.1, 0.15) is 18.4 Å². The lowest BCUT2D eigenvalue weighted by molar-refractivity contribution is -0.133. The zero-order valence-electron chi connectivity index (χ0n) is 14.4. The van der Waals surface area contributed by atoms with Crippen molar-refractivity contribution in [3.63, 3.8) is 0 Å². The molecule has 0 unspecified atom stereocenters. The number of aromatic nitrogens is 2. The summed E-state index contributed by atoms with van der Waals surface area (Å²) in [7, 11) is 0. The molecule has 1 aromatic heterocycles. The van der Waals surface area contributed by atoms with Crippen LogP contribution in [0.2, 0.25) is 5.02 Å². The zero-order valence-corrected chi connectivity index (χ0v) is 15.2. The molecule has 0 N–H and O–H groups in total. The molecule has 7 heteroatoms. The Bertz CT molecular complexity index is 1060. The van der Waals surface area contributed by atoms with E-state index in [-0.39, 0.29) is 30.6 Å². The van der Waals surface area contributed by atoms with Crippen molar-refractivity contribution < 1.29 is 9.18 Å². The number of hydrogen-bond acceptors (Lipinski definition) is 3. The zero-order chi connectivity index (χ0) is 19.0. The molecule has 1 amide bonds. The van der Waals surface area contributed by atoms with E-state index in [1.54, 1.807) is 29.2 Å². The van der Waals surface area contributed by atoms with Gasteiger partial charge in [-0.05, 0) is 37.1 Å². The largest absolute Gasteiger partial charge is 0.334 e. The van der Waals surface area contributed by atoms with Gasteiger partial charge in [0.1, 0.15) is 12.4 Å². The number of halogens is 2. The maximum absolute atomic E-state index is 14.2. The molecular formula is C20H17ClFN3O2. The smallest absolute Gasteiger partial charge is 0.269 e. The Morgan fingerprint density at radius 3 is 2.74 bits per heavy atom. The van der Waals surface area contributed by atoms with Crippen LogP contribution < -0.4 is 5.56 Å². The highest BCUT2D eigenvalue weighted by molar-refractivity contribution is 6.31. The fourth-order valence-corrected chi connectivity index (χ4v) is 3.39. The fourth-order valence-electron chi connectivity index (χ4n) is 3.16. The lowest BCUT2D eigenvalue weighted by Crippen LogP contribution is -2.38. The summed E-state index contributed by atoms with van der Waals surface area (Å²) in [5.41, 5.74) is 1.19. The van der Waals surface area contributed by atoms with Gasteiger partial charge >= 0.3 is 0 Å². The van der Waals surface area contributed by atoms with Gasteiger partial charge in [-0.15, -0.1) is 0 Å². The van der Waals surface area contributed by atoms with E-state index in [0.29, 0.717) is 21.6 Å². The van der Waals surface area contributed by atoms with Crippen LogP contribution in [-0.4, -0.2) is 26.4 Å². The molecule has 1 heterocycles. The number of fused-ring (bicyclic) bond motifs is 1. The van der Waals surface area contributed by atoms with Crippen molar-refractivity contribution in [1.29, 1.82) is 0 Å². The number of carbonyl (C=O) groups is 1. The molecule has 0 aliphatic heterocycles. The van der Waals surface area contributed by atoms with Crippen molar-refractivity contribution in [2.75, 3.05) is 0 Å². The number of nitrogens with zero attached hydrogens (tertiary/aromatic N) is 3. The minimum absolute atomic E-state index is 0.0528. The number of carbonyl (C=O) groups excluding carboxylic acids is 1. The molecule has 0 radical (unpaired) electrons. The van der Waals surface area contributed by atoms with Gasteiger partial charge in [0.2, 0.25) is 5.91 Å². The second-order valence-corrected chi connectivity index (χ2v) is 7.03. The molecule has 5 nitrogen and oxygen atoms in total. The first-order chi connectivity index (χ1) is 13.0. The predicted molar refractivity (Wildman–Crippen MR) is 101 cm³/mol. The highest BCUT2D eigenvalue weighted by Gasteiger charge is 2.33. The molecule has 4 rings (SSSR count). The third kappa shape index (κ3) is 3.57. The van der Waals surface area contributed by atoms with E-state index in [9.17, 15) is 14.0 Å². The summed E-state index contributed by atoms with van der Waals surface area (Å²) in [6.45, 7) is -0.0305. The summed E-state index contributed by atoms with van der Waals surface area (Å²) in [5.74, 6) is -0.678. The predicted octanol–water partition coefficient (Wildman–Crippen LogP) is 3.38. The molecule has 27 heavy (non-hydrogen) atoms. The minimum atomic E-state index is -0.438. The van der Waals surface area contributed by atoms with Gasteiger partial charge in [0, 0.05) is 16.6 Å². The molecule has 3 aromatic rings. The Hall–Kier alpha value is -2.73. The fraction of sp³-hybridized carbons (Fsp3) is 0.250. The summed E-state index contributed by atoms with van der Waals surface area (Å²) in [4.78, 5) is 31.0. The summed E-state index contributed by atoms with van der Waals surface area (Å²) in [6.07, 6.45) is 2.94. The van der Waals surface area contributed by atoms with Crippen LogP contribution in [0.3, 0.4) is 0 Å². The van der Waals surface area contributed by atoms with E-state index >= 15 is 0 Å². The van der Waals surface area contributed by atoms with E-state index in [1.165, 1.54) is 22.9 Å². The summed E-state index contributed by atoms with van der Waals surface area (Å²) >= 11 is 6.13. The van der Waals surface area contributed by atoms with E-state index in [2.05, 4.69) is 4.98 Å². The molecule has 0 atom stereocenters.